The van der Waals surface area contributed by atoms with Gasteiger partial charge in [0.15, 0.2) is 0 Å². The Hall–Kier alpha value is -1.85. The lowest BCUT2D eigenvalue weighted by Crippen LogP contribution is -2.45. The highest BCUT2D eigenvalue weighted by atomic mass is 16.5. The van der Waals surface area contributed by atoms with Crippen LogP contribution in [0, 0.1) is 11.3 Å². The number of hydrogen-bond donors (Lipinski definition) is 0. The molecule has 1 fully saturated rings. The van der Waals surface area contributed by atoms with Crippen LogP contribution in [0.25, 0.3) is 10.8 Å². The van der Waals surface area contributed by atoms with Crippen molar-refractivity contribution < 1.29 is 4.74 Å². The maximum atomic E-state index is 9.23. The zero-order valence-electron chi connectivity index (χ0n) is 8.81. The SMILES string of the molecule is N#CC1(c2ccc3ccccc3c2)COC1. The van der Waals surface area contributed by atoms with E-state index in [1.807, 2.05) is 18.2 Å². The minimum atomic E-state index is -0.413. The lowest BCUT2D eigenvalue weighted by atomic mass is 9.79. The van der Waals surface area contributed by atoms with Crippen molar-refractivity contribution in [2.24, 2.45) is 0 Å². The van der Waals surface area contributed by atoms with Gasteiger partial charge in [0.25, 0.3) is 0 Å². The fourth-order valence-corrected chi connectivity index (χ4v) is 2.09. The van der Waals surface area contributed by atoms with Crippen molar-refractivity contribution in [3.05, 3.63) is 48.0 Å². The summed E-state index contributed by atoms with van der Waals surface area (Å²) >= 11 is 0. The fourth-order valence-electron chi connectivity index (χ4n) is 2.09. The smallest absolute Gasteiger partial charge is 0.129 e. The van der Waals surface area contributed by atoms with E-state index in [1.54, 1.807) is 0 Å². The normalized spacial score (nSPS) is 17.7. The zero-order valence-corrected chi connectivity index (χ0v) is 8.81. The quantitative estimate of drug-likeness (QED) is 0.723. The number of fused-ring (bicyclic) bond motifs is 1. The minimum Gasteiger partial charge on any atom is -0.377 e. The van der Waals surface area contributed by atoms with Gasteiger partial charge in [-0.2, -0.15) is 5.26 Å². The van der Waals surface area contributed by atoms with Crippen LogP contribution in [0.4, 0.5) is 0 Å². The van der Waals surface area contributed by atoms with Crippen LogP contribution >= 0.6 is 0 Å². The summed E-state index contributed by atoms with van der Waals surface area (Å²) in [4.78, 5) is 0. The maximum absolute atomic E-state index is 9.23. The van der Waals surface area contributed by atoms with Gasteiger partial charge in [0.2, 0.25) is 0 Å². The number of ether oxygens (including phenoxy) is 1. The molecular weight excluding hydrogens is 198 g/mol. The standard InChI is InChI=1S/C14H11NO/c15-8-14(9-16-10-14)13-6-5-11-3-1-2-4-12(11)7-13/h1-7H,9-10H2. The van der Waals surface area contributed by atoms with Crippen LogP contribution in [0.1, 0.15) is 5.56 Å². The van der Waals surface area contributed by atoms with Crippen LogP contribution in [-0.2, 0) is 10.2 Å². The predicted molar refractivity (Wildman–Crippen MR) is 62.1 cm³/mol. The first kappa shape index (κ1) is 9.38. The van der Waals surface area contributed by atoms with Gasteiger partial charge in [-0.05, 0) is 22.4 Å². The van der Waals surface area contributed by atoms with Gasteiger partial charge >= 0.3 is 0 Å². The Morgan fingerprint density at radius 2 is 1.81 bits per heavy atom. The van der Waals surface area contributed by atoms with Gasteiger partial charge in [-0.25, -0.2) is 0 Å². The Morgan fingerprint density at radius 1 is 1.06 bits per heavy atom. The molecule has 2 aromatic carbocycles. The highest BCUT2D eigenvalue weighted by Crippen LogP contribution is 2.33. The summed E-state index contributed by atoms with van der Waals surface area (Å²) in [5.41, 5.74) is 0.657. The Morgan fingerprint density at radius 3 is 2.44 bits per heavy atom. The fraction of sp³-hybridized carbons (Fsp3) is 0.214. The zero-order chi connectivity index (χ0) is 11.0. The predicted octanol–water partition coefficient (Wildman–Crippen LogP) is 2.63. The van der Waals surface area contributed by atoms with Crippen molar-refractivity contribution in [3.8, 4) is 6.07 Å². The number of hydrogen-bond acceptors (Lipinski definition) is 2. The summed E-state index contributed by atoms with van der Waals surface area (Å²) < 4.78 is 5.17. The molecule has 1 saturated heterocycles. The topological polar surface area (TPSA) is 33.0 Å². The van der Waals surface area contributed by atoms with Gasteiger partial charge < -0.3 is 4.74 Å². The number of nitrogens with zero attached hydrogens (tertiary/aromatic N) is 1. The van der Waals surface area contributed by atoms with Gasteiger partial charge in [-0.1, -0.05) is 36.4 Å². The molecule has 0 bridgehead atoms. The Kier molecular flexibility index (Phi) is 1.95. The molecule has 16 heavy (non-hydrogen) atoms. The van der Waals surface area contributed by atoms with E-state index in [0.717, 1.165) is 5.56 Å². The Labute approximate surface area is 94.1 Å². The van der Waals surface area contributed by atoms with Crippen LogP contribution in [0.15, 0.2) is 42.5 Å². The van der Waals surface area contributed by atoms with Crippen LogP contribution in [0.2, 0.25) is 0 Å². The minimum absolute atomic E-state index is 0.413. The first-order valence-electron chi connectivity index (χ1n) is 5.32. The average Bonchev–Trinajstić information content (AvgIpc) is 2.28. The molecule has 0 spiro atoms. The summed E-state index contributed by atoms with van der Waals surface area (Å²) in [5.74, 6) is 0. The van der Waals surface area contributed by atoms with E-state index >= 15 is 0 Å². The van der Waals surface area contributed by atoms with E-state index in [0.29, 0.717) is 13.2 Å². The maximum Gasteiger partial charge on any atom is 0.129 e. The molecule has 1 aliphatic rings. The van der Waals surface area contributed by atoms with Crippen molar-refractivity contribution in [3.63, 3.8) is 0 Å². The second-order valence-corrected chi connectivity index (χ2v) is 4.25. The Bertz CT molecular complexity index is 579. The highest BCUT2D eigenvalue weighted by Gasteiger charge is 2.40. The number of rotatable bonds is 1. The third-order valence-corrected chi connectivity index (χ3v) is 3.21. The van der Waals surface area contributed by atoms with Crippen LogP contribution in [0.3, 0.4) is 0 Å². The summed E-state index contributed by atoms with van der Waals surface area (Å²) in [5, 5.41) is 11.6. The molecular formula is C14H11NO. The summed E-state index contributed by atoms with van der Waals surface area (Å²) in [7, 11) is 0. The molecule has 78 valence electrons. The van der Waals surface area contributed by atoms with E-state index in [2.05, 4.69) is 30.3 Å². The summed E-state index contributed by atoms with van der Waals surface area (Å²) in [6.45, 7) is 1.03. The third kappa shape index (κ3) is 1.22. The largest absolute Gasteiger partial charge is 0.377 e. The lowest BCUT2D eigenvalue weighted by molar-refractivity contribution is -0.0297. The molecule has 3 rings (SSSR count). The molecule has 2 heteroatoms. The van der Waals surface area contributed by atoms with E-state index in [4.69, 9.17) is 4.74 Å². The van der Waals surface area contributed by atoms with Crippen LogP contribution in [-0.4, -0.2) is 13.2 Å². The number of benzene rings is 2. The molecule has 1 heterocycles. The number of nitriles is 1. The van der Waals surface area contributed by atoms with Gasteiger partial charge in [0, 0.05) is 0 Å². The Balaban J connectivity index is 2.16. The molecule has 0 aromatic heterocycles. The van der Waals surface area contributed by atoms with Crippen molar-refractivity contribution in [1.29, 1.82) is 5.26 Å². The summed E-state index contributed by atoms with van der Waals surface area (Å²) in [6, 6.07) is 16.8. The molecule has 0 saturated carbocycles. The molecule has 1 aliphatic heterocycles. The van der Waals surface area contributed by atoms with E-state index in [-0.39, 0.29) is 0 Å². The second kappa shape index (κ2) is 3.33. The second-order valence-electron chi connectivity index (χ2n) is 4.25. The highest BCUT2D eigenvalue weighted by molar-refractivity contribution is 5.83. The molecule has 0 N–H and O–H groups in total. The van der Waals surface area contributed by atoms with Gasteiger partial charge in [0.05, 0.1) is 19.3 Å². The average molecular weight is 209 g/mol. The first-order valence-corrected chi connectivity index (χ1v) is 5.32. The van der Waals surface area contributed by atoms with Gasteiger partial charge in [0.1, 0.15) is 5.41 Å². The van der Waals surface area contributed by atoms with E-state index < -0.39 is 5.41 Å². The molecule has 0 unspecified atom stereocenters. The lowest BCUT2D eigenvalue weighted by Gasteiger charge is -2.35. The third-order valence-electron chi connectivity index (χ3n) is 3.21. The molecule has 0 aliphatic carbocycles. The van der Waals surface area contributed by atoms with E-state index in [9.17, 15) is 5.26 Å². The molecule has 0 atom stereocenters. The van der Waals surface area contributed by atoms with Crippen molar-refractivity contribution >= 4 is 10.8 Å². The van der Waals surface area contributed by atoms with Gasteiger partial charge in [-0.3, -0.25) is 0 Å². The van der Waals surface area contributed by atoms with Crippen molar-refractivity contribution in [2.45, 2.75) is 5.41 Å². The molecule has 0 radical (unpaired) electrons. The monoisotopic (exact) mass is 209 g/mol. The van der Waals surface area contributed by atoms with Crippen molar-refractivity contribution in [2.75, 3.05) is 13.2 Å². The van der Waals surface area contributed by atoms with Crippen LogP contribution < -0.4 is 0 Å². The van der Waals surface area contributed by atoms with Crippen LogP contribution in [0.5, 0.6) is 0 Å². The first-order chi connectivity index (χ1) is 7.84. The summed E-state index contributed by atoms with van der Waals surface area (Å²) in [6.07, 6.45) is 0. The molecule has 2 nitrogen and oxygen atoms in total. The molecule has 0 amide bonds. The molecule has 2 aromatic rings. The van der Waals surface area contributed by atoms with Crippen molar-refractivity contribution in [1.82, 2.24) is 0 Å². The van der Waals surface area contributed by atoms with Gasteiger partial charge in [-0.15, -0.1) is 0 Å². The van der Waals surface area contributed by atoms with E-state index in [1.165, 1.54) is 10.8 Å².